The number of carbonyl (C=O) groups is 1. The molecule has 3 rings (SSSR count). The van der Waals surface area contributed by atoms with Gasteiger partial charge in [-0.2, -0.15) is 13.2 Å². The third-order valence-electron chi connectivity index (χ3n) is 3.48. The number of halogens is 3. The summed E-state index contributed by atoms with van der Waals surface area (Å²) in [6.45, 7) is 0. The summed E-state index contributed by atoms with van der Waals surface area (Å²) in [5.41, 5.74) is 0.665. The first kappa shape index (κ1) is 20.1. The number of hydrogen-bond donors (Lipinski definition) is 1. The molecule has 0 aliphatic rings. The second kappa shape index (κ2) is 9.03. The number of rotatable bonds is 6. The number of carbonyl (C=O) groups excluding carboxylic acids is 1. The summed E-state index contributed by atoms with van der Waals surface area (Å²) in [4.78, 5) is 12.0. The Morgan fingerprint density at radius 2 is 1.89 bits per heavy atom. The van der Waals surface area contributed by atoms with E-state index in [4.69, 9.17) is 0 Å². The van der Waals surface area contributed by atoms with Crippen molar-refractivity contribution in [3.63, 3.8) is 0 Å². The Bertz CT molecular complexity index is 972. The van der Waals surface area contributed by atoms with Gasteiger partial charge in [-0.25, -0.2) is 0 Å². The minimum absolute atomic E-state index is 0.279. The number of nitrogens with one attached hydrogen (secondary N) is 1. The highest BCUT2D eigenvalue weighted by Crippen LogP contribution is 2.30. The molecule has 1 aromatic heterocycles. The molecule has 2 aromatic carbocycles. The summed E-state index contributed by atoms with van der Waals surface area (Å²) < 4.78 is 38.8. The van der Waals surface area contributed by atoms with E-state index in [0.29, 0.717) is 9.47 Å². The van der Waals surface area contributed by atoms with Crippen molar-refractivity contribution >= 4 is 40.2 Å². The van der Waals surface area contributed by atoms with Crippen LogP contribution >= 0.6 is 23.1 Å². The topological polar surface area (TPSA) is 54.9 Å². The van der Waals surface area contributed by atoms with Crippen LogP contribution in [0.3, 0.4) is 0 Å². The molecule has 0 fully saturated rings. The Morgan fingerprint density at radius 3 is 2.64 bits per heavy atom. The zero-order valence-corrected chi connectivity index (χ0v) is 15.9. The Morgan fingerprint density at radius 1 is 1.11 bits per heavy atom. The molecule has 144 valence electrons. The highest BCUT2D eigenvalue weighted by atomic mass is 32.2. The monoisotopic (exact) mass is 421 g/mol. The van der Waals surface area contributed by atoms with E-state index in [9.17, 15) is 18.0 Å². The number of benzene rings is 2. The van der Waals surface area contributed by atoms with Crippen molar-refractivity contribution in [2.45, 2.75) is 16.3 Å². The van der Waals surface area contributed by atoms with Gasteiger partial charge in [-0.05, 0) is 29.3 Å². The first-order chi connectivity index (χ1) is 13.4. The van der Waals surface area contributed by atoms with Crippen molar-refractivity contribution in [2.75, 3.05) is 5.32 Å². The maximum Gasteiger partial charge on any atom is 0.416 e. The third kappa shape index (κ3) is 5.93. The standard InChI is InChI=1S/C19H14F3N3OS2/c20-19(21,22)15-8-4-7-13(11-15)9-10-16(26)23-17-24-25-18(28-17)27-12-14-5-2-1-3-6-14/h1-11H,12H2,(H,23,24,26)/b10-9+. The van der Waals surface area contributed by atoms with E-state index in [1.807, 2.05) is 30.3 Å². The molecule has 4 nitrogen and oxygen atoms in total. The smallest absolute Gasteiger partial charge is 0.297 e. The van der Waals surface area contributed by atoms with Crippen LogP contribution in [0.2, 0.25) is 0 Å². The van der Waals surface area contributed by atoms with E-state index in [1.54, 1.807) is 0 Å². The maximum atomic E-state index is 12.7. The molecular formula is C19H14F3N3OS2. The van der Waals surface area contributed by atoms with Gasteiger partial charge < -0.3 is 0 Å². The first-order valence-corrected chi connectivity index (χ1v) is 9.87. The highest BCUT2D eigenvalue weighted by molar-refractivity contribution is 8.00. The Labute approximate surface area is 167 Å². The van der Waals surface area contributed by atoms with E-state index >= 15 is 0 Å². The van der Waals surface area contributed by atoms with Gasteiger partial charge in [0.15, 0.2) is 4.34 Å². The molecular weight excluding hydrogens is 407 g/mol. The molecule has 0 aliphatic carbocycles. The Hall–Kier alpha value is -2.65. The van der Waals surface area contributed by atoms with Crippen LogP contribution in [-0.2, 0) is 16.7 Å². The van der Waals surface area contributed by atoms with Crippen LogP contribution in [-0.4, -0.2) is 16.1 Å². The number of hydrogen-bond acceptors (Lipinski definition) is 5. The molecule has 1 N–H and O–H groups in total. The molecule has 9 heteroatoms. The van der Waals surface area contributed by atoms with E-state index in [-0.39, 0.29) is 5.56 Å². The first-order valence-electron chi connectivity index (χ1n) is 8.07. The van der Waals surface area contributed by atoms with E-state index < -0.39 is 17.6 Å². The zero-order valence-electron chi connectivity index (χ0n) is 14.3. The highest BCUT2D eigenvalue weighted by Gasteiger charge is 2.30. The number of amides is 1. The quantitative estimate of drug-likeness (QED) is 0.324. The second-order valence-corrected chi connectivity index (χ2v) is 7.79. The largest absolute Gasteiger partial charge is 0.416 e. The van der Waals surface area contributed by atoms with Gasteiger partial charge in [0, 0.05) is 11.8 Å². The molecule has 28 heavy (non-hydrogen) atoms. The van der Waals surface area contributed by atoms with E-state index in [0.717, 1.165) is 29.5 Å². The normalized spacial score (nSPS) is 11.7. The van der Waals surface area contributed by atoms with Crippen LogP contribution in [0.25, 0.3) is 6.08 Å². The second-order valence-electron chi connectivity index (χ2n) is 5.59. The summed E-state index contributed by atoms with van der Waals surface area (Å²) in [5.74, 6) is 0.243. The van der Waals surface area contributed by atoms with Gasteiger partial charge in [0.1, 0.15) is 0 Å². The molecule has 0 aliphatic heterocycles. The summed E-state index contributed by atoms with van der Waals surface area (Å²) in [6, 6.07) is 14.6. The van der Waals surface area contributed by atoms with Gasteiger partial charge in [-0.1, -0.05) is 65.6 Å². The van der Waals surface area contributed by atoms with Gasteiger partial charge in [-0.15, -0.1) is 10.2 Å². The predicted octanol–water partition coefficient (Wildman–Crippen LogP) is 5.50. The fraction of sp³-hybridized carbons (Fsp3) is 0.105. The molecule has 0 unspecified atom stereocenters. The minimum Gasteiger partial charge on any atom is -0.297 e. The molecule has 1 amide bonds. The van der Waals surface area contributed by atoms with Crippen molar-refractivity contribution in [1.29, 1.82) is 0 Å². The SMILES string of the molecule is O=C(/C=C/c1cccc(C(F)(F)F)c1)Nc1nnc(SCc2ccccc2)s1. The van der Waals surface area contributed by atoms with Crippen LogP contribution in [0.4, 0.5) is 18.3 Å². The molecule has 0 saturated carbocycles. The van der Waals surface area contributed by atoms with Crippen molar-refractivity contribution in [2.24, 2.45) is 0 Å². The summed E-state index contributed by atoms with van der Waals surface area (Å²) in [5, 5.41) is 10.8. The predicted molar refractivity (Wildman–Crippen MR) is 105 cm³/mol. The molecule has 0 bridgehead atoms. The summed E-state index contributed by atoms with van der Waals surface area (Å²) in [6.07, 6.45) is -1.95. The molecule has 0 atom stereocenters. The number of thioether (sulfide) groups is 1. The molecule has 0 saturated heterocycles. The van der Waals surface area contributed by atoms with Crippen LogP contribution < -0.4 is 5.32 Å². The molecule has 0 radical (unpaired) electrons. The number of alkyl halides is 3. The van der Waals surface area contributed by atoms with Gasteiger partial charge >= 0.3 is 6.18 Å². The van der Waals surface area contributed by atoms with Crippen molar-refractivity contribution in [3.05, 3.63) is 77.4 Å². The lowest BCUT2D eigenvalue weighted by Gasteiger charge is -2.06. The van der Waals surface area contributed by atoms with E-state index in [2.05, 4.69) is 15.5 Å². The third-order valence-corrected chi connectivity index (χ3v) is 5.53. The van der Waals surface area contributed by atoms with Crippen molar-refractivity contribution in [3.8, 4) is 0 Å². The Kier molecular flexibility index (Phi) is 6.48. The molecule has 1 heterocycles. The number of aromatic nitrogens is 2. The summed E-state index contributed by atoms with van der Waals surface area (Å²) in [7, 11) is 0. The minimum atomic E-state index is -4.42. The van der Waals surface area contributed by atoms with Gasteiger partial charge in [-0.3, -0.25) is 10.1 Å². The van der Waals surface area contributed by atoms with Gasteiger partial charge in [0.2, 0.25) is 11.0 Å². The fourth-order valence-corrected chi connectivity index (χ4v) is 3.89. The van der Waals surface area contributed by atoms with E-state index in [1.165, 1.54) is 41.3 Å². The lowest BCUT2D eigenvalue weighted by molar-refractivity contribution is -0.137. The van der Waals surface area contributed by atoms with Crippen LogP contribution in [0, 0.1) is 0 Å². The average Bonchev–Trinajstić information content (AvgIpc) is 3.12. The molecule has 0 spiro atoms. The Balaban J connectivity index is 1.55. The number of nitrogens with zero attached hydrogens (tertiary/aromatic N) is 2. The fourth-order valence-electron chi connectivity index (χ4n) is 2.18. The van der Waals surface area contributed by atoms with Crippen LogP contribution in [0.15, 0.2) is 65.0 Å². The lowest BCUT2D eigenvalue weighted by Crippen LogP contribution is -2.07. The zero-order chi connectivity index (χ0) is 20.0. The number of anilines is 1. The van der Waals surface area contributed by atoms with Crippen molar-refractivity contribution < 1.29 is 18.0 Å². The van der Waals surface area contributed by atoms with Gasteiger partial charge in [0.25, 0.3) is 0 Å². The lowest BCUT2D eigenvalue weighted by atomic mass is 10.1. The summed E-state index contributed by atoms with van der Waals surface area (Å²) >= 11 is 2.74. The van der Waals surface area contributed by atoms with Crippen molar-refractivity contribution in [1.82, 2.24) is 10.2 Å². The van der Waals surface area contributed by atoms with Crippen LogP contribution in [0.5, 0.6) is 0 Å². The molecule has 3 aromatic rings. The average molecular weight is 421 g/mol. The maximum absolute atomic E-state index is 12.7. The van der Waals surface area contributed by atoms with Gasteiger partial charge in [0.05, 0.1) is 5.56 Å². The van der Waals surface area contributed by atoms with Crippen LogP contribution in [0.1, 0.15) is 16.7 Å².